The molecule has 0 bridgehead atoms. The number of benzene rings is 4. The molecule has 0 saturated carbocycles. The van der Waals surface area contributed by atoms with Crippen LogP contribution in [0.1, 0.15) is 137 Å². The summed E-state index contributed by atoms with van der Waals surface area (Å²) in [6.45, 7) is 25.7. The summed E-state index contributed by atoms with van der Waals surface area (Å²) in [5.74, 6) is 0.872. The second kappa shape index (κ2) is 17.7. The number of carbonyl (C=O) groups is 1. The number of aliphatic hydroxyl groups excluding tert-OH is 1. The van der Waals surface area contributed by atoms with Gasteiger partial charge in [0, 0.05) is 48.9 Å². The molecular formula is C48H62IrNO2-. The Bertz CT molecular complexity index is 2020. The minimum atomic E-state index is -0.337. The SMILES string of the molecule is CCC(C)(CC)C(=O)/C=C(\O)C(C)(CC)CC.CCC(CC)c1c(C)ccc2[c-]c(-c3nccc4c3ccc3cc(C(C)(C)C)ccc34)ccc12.[Ir]. The van der Waals surface area contributed by atoms with Gasteiger partial charge in [-0.25, -0.2) is 0 Å². The number of ketones is 1. The minimum Gasteiger partial charge on any atom is -0.512 e. The Labute approximate surface area is 328 Å². The first-order valence-corrected chi connectivity index (χ1v) is 19.3. The van der Waals surface area contributed by atoms with Gasteiger partial charge in [-0.3, -0.25) is 9.78 Å². The van der Waals surface area contributed by atoms with Gasteiger partial charge < -0.3 is 5.11 Å². The summed E-state index contributed by atoms with van der Waals surface area (Å²) < 4.78 is 0. The Hall–Kier alpha value is -3.33. The predicted molar refractivity (Wildman–Crippen MR) is 221 cm³/mol. The van der Waals surface area contributed by atoms with Crippen LogP contribution < -0.4 is 0 Å². The molecule has 0 saturated heterocycles. The van der Waals surface area contributed by atoms with Crippen LogP contribution in [0.3, 0.4) is 0 Å². The Morgan fingerprint density at radius 1 is 0.750 bits per heavy atom. The number of allylic oxidation sites excluding steroid dienone is 2. The van der Waals surface area contributed by atoms with Gasteiger partial charge in [0.15, 0.2) is 5.78 Å². The second-order valence-corrected chi connectivity index (χ2v) is 16.1. The summed E-state index contributed by atoms with van der Waals surface area (Å²) in [6, 6.07) is 26.2. The zero-order valence-corrected chi connectivity index (χ0v) is 36.3. The Kier molecular flexibility index (Phi) is 14.6. The smallest absolute Gasteiger partial charge is 0.164 e. The molecule has 0 amide bonds. The summed E-state index contributed by atoms with van der Waals surface area (Å²) in [5, 5.41) is 17.6. The molecule has 4 heteroatoms. The standard InChI is InChI=1S/C33H34N.C15H28O2.Ir/c1-7-22(8-2)31-21(3)9-10-23-19-25(12-14-28(23)31)32-30-15-11-24-20-26(33(4,5)6)13-16-27(24)29(30)17-18-34-32;1-7-14(5,8-2)12(16)11-13(17)15(6,9-3)10-4;/h9-18,20,22H,7-8H2,1-6H3;11,16H,7-10H2,1-6H3;/q-1;;/b;12-11-;. The summed E-state index contributed by atoms with van der Waals surface area (Å²) in [6.07, 6.45) is 9.02. The molecule has 0 fully saturated rings. The van der Waals surface area contributed by atoms with Gasteiger partial charge in [0.05, 0.1) is 0 Å². The number of hydrogen-bond acceptors (Lipinski definition) is 3. The number of nitrogens with zero attached hydrogens (tertiary/aromatic N) is 1. The molecule has 5 rings (SSSR count). The molecule has 1 N–H and O–H groups in total. The number of pyridine rings is 1. The van der Waals surface area contributed by atoms with E-state index in [-0.39, 0.29) is 47.9 Å². The van der Waals surface area contributed by atoms with Gasteiger partial charge in [-0.15, -0.1) is 29.7 Å². The molecule has 1 aromatic heterocycles. The summed E-state index contributed by atoms with van der Waals surface area (Å²) in [4.78, 5) is 17.0. The molecule has 3 nitrogen and oxygen atoms in total. The molecule has 281 valence electrons. The van der Waals surface area contributed by atoms with Gasteiger partial charge in [0.2, 0.25) is 0 Å². The van der Waals surface area contributed by atoms with Crippen molar-refractivity contribution >= 4 is 38.1 Å². The Morgan fingerprint density at radius 3 is 1.92 bits per heavy atom. The average molecular weight is 877 g/mol. The minimum absolute atomic E-state index is 0. The zero-order valence-electron chi connectivity index (χ0n) is 33.9. The van der Waals surface area contributed by atoms with E-state index in [1.54, 1.807) is 0 Å². The molecule has 5 aromatic rings. The van der Waals surface area contributed by atoms with Crippen molar-refractivity contribution < 1.29 is 30.0 Å². The van der Waals surface area contributed by atoms with Crippen molar-refractivity contribution in [3.63, 3.8) is 0 Å². The quantitative estimate of drug-likeness (QED) is 0.0622. The number of aromatic nitrogens is 1. The van der Waals surface area contributed by atoms with E-state index < -0.39 is 0 Å². The number of fused-ring (bicyclic) bond motifs is 4. The maximum atomic E-state index is 12.2. The molecule has 0 aliphatic rings. The molecule has 0 spiro atoms. The number of rotatable bonds is 11. The van der Waals surface area contributed by atoms with E-state index >= 15 is 0 Å². The van der Waals surface area contributed by atoms with Crippen molar-refractivity contribution in [3.8, 4) is 11.3 Å². The summed E-state index contributed by atoms with van der Waals surface area (Å²) in [5.41, 5.74) is 5.82. The van der Waals surface area contributed by atoms with Crippen LogP contribution in [0, 0.1) is 23.8 Å². The third kappa shape index (κ3) is 8.88. The summed E-state index contributed by atoms with van der Waals surface area (Å²) in [7, 11) is 0. The van der Waals surface area contributed by atoms with Crippen LogP contribution >= 0.6 is 0 Å². The molecule has 52 heavy (non-hydrogen) atoms. The van der Waals surface area contributed by atoms with Gasteiger partial charge in [-0.05, 0) is 90.0 Å². The maximum absolute atomic E-state index is 12.2. The van der Waals surface area contributed by atoms with E-state index in [0.717, 1.165) is 49.8 Å². The number of aliphatic hydroxyl groups is 1. The van der Waals surface area contributed by atoms with Gasteiger partial charge in [-0.2, -0.15) is 0 Å². The molecule has 1 heterocycles. The van der Waals surface area contributed by atoms with Gasteiger partial charge >= 0.3 is 0 Å². The molecule has 0 aliphatic carbocycles. The fourth-order valence-electron chi connectivity index (χ4n) is 7.12. The van der Waals surface area contributed by atoms with Crippen LogP contribution in [0.5, 0.6) is 0 Å². The fraction of sp³-hybridized carbons (Fsp3) is 0.458. The number of hydrogen-bond donors (Lipinski definition) is 1. The average Bonchev–Trinajstić information content (AvgIpc) is 3.14. The van der Waals surface area contributed by atoms with Crippen molar-refractivity contribution in [1.82, 2.24) is 4.98 Å². The van der Waals surface area contributed by atoms with Crippen LogP contribution in [0.25, 0.3) is 43.6 Å². The Balaban J connectivity index is 0.000000347. The molecule has 1 radical (unpaired) electrons. The van der Waals surface area contributed by atoms with Crippen molar-refractivity contribution in [2.75, 3.05) is 0 Å². The van der Waals surface area contributed by atoms with Gasteiger partial charge in [-0.1, -0.05) is 135 Å². The van der Waals surface area contributed by atoms with Crippen LogP contribution in [-0.2, 0) is 30.3 Å². The first kappa shape index (κ1) is 43.1. The van der Waals surface area contributed by atoms with E-state index in [0.29, 0.717) is 5.92 Å². The van der Waals surface area contributed by atoms with Crippen molar-refractivity contribution in [1.29, 1.82) is 0 Å². The first-order chi connectivity index (χ1) is 24.1. The van der Waals surface area contributed by atoms with Crippen molar-refractivity contribution in [2.24, 2.45) is 10.8 Å². The third-order valence-electron chi connectivity index (χ3n) is 12.1. The third-order valence-corrected chi connectivity index (χ3v) is 12.1. The molecule has 0 unspecified atom stereocenters. The Morgan fingerprint density at radius 2 is 1.35 bits per heavy atom. The normalized spacial score (nSPS) is 12.6. The van der Waals surface area contributed by atoms with Crippen LogP contribution in [-0.4, -0.2) is 15.9 Å². The van der Waals surface area contributed by atoms with Crippen molar-refractivity contribution in [2.45, 2.75) is 133 Å². The first-order valence-electron chi connectivity index (χ1n) is 19.3. The molecule has 0 aliphatic heterocycles. The van der Waals surface area contributed by atoms with Gasteiger partial charge in [0.25, 0.3) is 0 Å². The number of carbonyl (C=O) groups excluding carboxylic acids is 1. The topological polar surface area (TPSA) is 50.2 Å². The number of aryl methyl sites for hydroxylation is 1. The predicted octanol–water partition coefficient (Wildman–Crippen LogP) is 14.2. The van der Waals surface area contributed by atoms with Gasteiger partial charge in [0.1, 0.15) is 5.76 Å². The van der Waals surface area contributed by atoms with Crippen LogP contribution in [0.4, 0.5) is 0 Å². The van der Waals surface area contributed by atoms with E-state index in [1.165, 1.54) is 55.1 Å². The fourth-order valence-corrected chi connectivity index (χ4v) is 7.12. The van der Waals surface area contributed by atoms with Crippen LogP contribution in [0.15, 0.2) is 78.7 Å². The van der Waals surface area contributed by atoms with Crippen LogP contribution in [0.2, 0.25) is 0 Å². The van der Waals surface area contributed by atoms with E-state index in [1.807, 2.05) is 47.7 Å². The summed E-state index contributed by atoms with van der Waals surface area (Å²) >= 11 is 0. The van der Waals surface area contributed by atoms with E-state index in [2.05, 4.69) is 108 Å². The van der Waals surface area contributed by atoms with Crippen molar-refractivity contribution in [3.05, 3.63) is 101 Å². The van der Waals surface area contributed by atoms with E-state index in [4.69, 9.17) is 4.98 Å². The molecular weight excluding hydrogens is 815 g/mol. The molecule has 0 atom stereocenters. The second-order valence-electron chi connectivity index (χ2n) is 16.1. The largest absolute Gasteiger partial charge is 0.512 e. The monoisotopic (exact) mass is 877 g/mol. The van der Waals surface area contributed by atoms with E-state index in [9.17, 15) is 9.90 Å². The molecule has 4 aromatic carbocycles. The maximum Gasteiger partial charge on any atom is 0.164 e. The zero-order chi connectivity index (χ0) is 37.7.